The number of rotatable bonds is 9. The summed E-state index contributed by atoms with van der Waals surface area (Å²) in [7, 11) is 1.94. The first kappa shape index (κ1) is 25.8. The predicted molar refractivity (Wildman–Crippen MR) is 129 cm³/mol. The second-order valence-corrected chi connectivity index (χ2v) is 8.95. The van der Waals surface area contributed by atoms with Gasteiger partial charge in [0.25, 0.3) is 5.91 Å². The number of carbonyl (C=O) groups is 1. The van der Waals surface area contributed by atoms with Crippen LogP contribution in [0.25, 0.3) is 0 Å². The number of hydrogen-bond donors (Lipinski definition) is 1. The third kappa shape index (κ3) is 7.36. The Balaban J connectivity index is 1.62. The van der Waals surface area contributed by atoms with Gasteiger partial charge < -0.3 is 10.2 Å². The highest BCUT2D eigenvalue weighted by Crippen LogP contribution is 2.29. The lowest BCUT2D eigenvalue weighted by molar-refractivity contribution is -0.137. The van der Waals surface area contributed by atoms with Crippen molar-refractivity contribution in [2.45, 2.75) is 37.0 Å². The minimum absolute atomic E-state index is 0.00780. The Morgan fingerprint density at radius 3 is 2.56 bits per heavy atom. The lowest BCUT2D eigenvalue weighted by atomic mass is 10.1. The van der Waals surface area contributed by atoms with Crippen LogP contribution in [0.5, 0.6) is 0 Å². The monoisotopic (exact) mass is 508 g/mol. The van der Waals surface area contributed by atoms with E-state index in [-0.39, 0.29) is 12.5 Å². The molecule has 0 aliphatic carbocycles. The van der Waals surface area contributed by atoms with Gasteiger partial charge in [0.1, 0.15) is 11.0 Å². The Labute approximate surface area is 205 Å². The van der Waals surface area contributed by atoms with Crippen molar-refractivity contribution in [3.05, 3.63) is 82.0 Å². The second kappa shape index (κ2) is 11.6. The highest BCUT2D eigenvalue weighted by molar-refractivity contribution is 7.98. The summed E-state index contributed by atoms with van der Waals surface area (Å²) < 4.78 is 38.6. The molecular weight excluding hydrogens is 485 g/mol. The number of anilines is 1. The quantitative estimate of drug-likeness (QED) is 0.211. The number of carbonyl (C=O) groups excluding carboxylic acids is 1. The van der Waals surface area contributed by atoms with Crippen LogP contribution < -0.4 is 10.2 Å². The van der Waals surface area contributed by atoms with Gasteiger partial charge in [-0.15, -0.1) is 0 Å². The van der Waals surface area contributed by atoms with E-state index in [4.69, 9.17) is 11.6 Å². The van der Waals surface area contributed by atoms with Gasteiger partial charge in [-0.3, -0.25) is 4.79 Å². The summed E-state index contributed by atoms with van der Waals surface area (Å²) in [6.45, 7) is 2.92. The number of thioether (sulfide) groups is 1. The molecule has 0 aliphatic rings. The standard InChI is InChI=1S/C24H24ClF3N4OS/c1-3-10-32(2)21-13-20(25)30-23(31-21)34-15-17-7-4-8-18(11-17)22(33)29-14-16-6-5-9-19(12-16)24(26,27)28/h4-9,11-13H,3,10,14-15H2,1-2H3,(H,29,33). The molecule has 0 radical (unpaired) electrons. The lowest BCUT2D eigenvalue weighted by Crippen LogP contribution is -2.23. The maximum atomic E-state index is 12.9. The average molecular weight is 509 g/mol. The van der Waals surface area contributed by atoms with E-state index in [1.165, 1.54) is 17.8 Å². The van der Waals surface area contributed by atoms with Crippen LogP contribution in [0, 0.1) is 0 Å². The Morgan fingerprint density at radius 2 is 1.82 bits per heavy atom. The number of alkyl halides is 3. The van der Waals surface area contributed by atoms with Crippen LogP contribution in [0.2, 0.25) is 5.15 Å². The van der Waals surface area contributed by atoms with Gasteiger partial charge in [-0.1, -0.05) is 54.6 Å². The molecule has 10 heteroatoms. The Morgan fingerprint density at radius 1 is 1.09 bits per heavy atom. The molecule has 0 saturated carbocycles. The molecule has 0 spiro atoms. The third-order valence-corrected chi connectivity index (χ3v) is 5.99. The molecule has 0 bridgehead atoms. The van der Waals surface area contributed by atoms with Crippen LogP contribution >= 0.6 is 23.4 Å². The molecular formula is C24H24ClF3N4OS. The van der Waals surface area contributed by atoms with Crippen LogP contribution in [0.4, 0.5) is 19.0 Å². The molecule has 180 valence electrons. The SMILES string of the molecule is CCCN(C)c1cc(Cl)nc(SCc2cccc(C(=O)NCc3cccc(C(F)(F)F)c3)c2)n1. The first-order valence-electron chi connectivity index (χ1n) is 10.6. The number of halogens is 4. The summed E-state index contributed by atoms with van der Waals surface area (Å²) in [6, 6.07) is 13.7. The molecule has 0 atom stereocenters. The molecule has 1 aromatic heterocycles. The van der Waals surface area contributed by atoms with Gasteiger partial charge in [-0.2, -0.15) is 13.2 Å². The number of nitrogens with one attached hydrogen (secondary N) is 1. The largest absolute Gasteiger partial charge is 0.416 e. The molecule has 34 heavy (non-hydrogen) atoms. The van der Waals surface area contributed by atoms with Gasteiger partial charge in [-0.05, 0) is 41.8 Å². The number of benzene rings is 2. The molecule has 1 N–H and O–H groups in total. The molecule has 3 rings (SSSR count). The van der Waals surface area contributed by atoms with E-state index in [1.807, 2.05) is 18.0 Å². The van der Waals surface area contributed by atoms with Crippen LogP contribution in [0.1, 0.15) is 40.4 Å². The molecule has 1 heterocycles. The summed E-state index contributed by atoms with van der Waals surface area (Å²) in [4.78, 5) is 23.4. The number of nitrogens with zero attached hydrogens (tertiary/aromatic N) is 3. The maximum Gasteiger partial charge on any atom is 0.416 e. The first-order valence-corrected chi connectivity index (χ1v) is 11.9. The van der Waals surface area contributed by atoms with Gasteiger partial charge in [-0.25, -0.2) is 9.97 Å². The summed E-state index contributed by atoms with van der Waals surface area (Å²) in [6.07, 6.45) is -3.45. The zero-order valence-corrected chi connectivity index (χ0v) is 20.3. The normalized spacial score (nSPS) is 11.4. The van der Waals surface area contributed by atoms with E-state index >= 15 is 0 Å². The third-order valence-electron chi connectivity index (χ3n) is 4.88. The summed E-state index contributed by atoms with van der Waals surface area (Å²) in [5.41, 5.74) is 0.923. The number of aromatic nitrogens is 2. The Hall–Kier alpha value is -2.78. The van der Waals surface area contributed by atoms with Crippen LogP contribution in [-0.4, -0.2) is 29.5 Å². The Bertz CT molecular complexity index is 1140. The van der Waals surface area contributed by atoms with E-state index in [1.54, 1.807) is 30.3 Å². The van der Waals surface area contributed by atoms with Crippen molar-refractivity contribution in [2.24, 2.45) is 0 Å². The maximum absolute atomic E-state index is 12.9. The molecule has 3 aromatic rings. The molecule has 0 fully saturated rings. The smallest absolute Gasteiger partial charge is 0.360 e. The predicted octanol–water partition coefficient (Wildman–Crippen LogP) is 6.22. The van der Waals surface area contributed by atoms with Gasteiger partial charge >= 0.3 is 6.18 Å². The fourth-order valence-electron chi connectivity index (χ4n) is 3.19. The van der Waals surface area contributed by atoms with Crippen molar-refractivity contribution in [3.63, 3.8) is 0 Å². The summed E-state index contributed by atoms with van der Waals surface area (Å²) >= 11 is 7.56. The van der Waals surface area contributed by atoms with Crippen molar-refractivity contribution >= 4 is 35.1 Å². The van der Waals surface area contributed by atoms with Crippen molar-refractivity contribution in [1.82, 2.24) is 15.3 Å². The Kier molecular flexibility index (Phi) is 8.79. The van der Waals surface area contributed by atoms with E-state index in [0.717, 1.165) is 36.5 Å². The second-order valence-electron chi connectivity index (χ2n) is 7.62. The molecule has 0 aliphatic heterocycles. The zero-order valence-electron chi connectivity index (χ0n) is 18.7. The first-order chi connectivity index (χ1) is 16.2. The summed E-state index contributed by atoms with van der Waals surface area (Å²) in [5.74, 6) is 0.894. The average Bonchev–Trinajstić information content (AvgIpc) is 2.81. The minimum Gasteiger partial charge on any atom is -0.360 e. The highest BCUT2D eigenvalue weighted by Gasteiger charge is 2.30. The number of amides is 1. The van der Waals surface area contributed by atoms with E-state index < -0.39 is 11.7 Å². The van der Waals surface area contributed by atoms with Crippen LogP contribution in [0.3, 0.4) is 0 Å². The van der Waals surface area contributed by atoms with Crippen molar-refractivity contribution in [3.8, 4) is 0 Å². The van der Waals surface area contributed by atoms with E-state index in [2.05, 4.69) is 22.2 Å². The molecule has 5 nitrogen and oxygen atoms in total. The highest BCUT2D eigenvalue weighted by atomic mass is 35.5. The van der Waals surface area contributed by atoms with Gasteiger partial charge in [0.05, 0.1) is 5.56 Å². The van der Waals surface area contributed by atoms with E-state index in [0.29, 0.717) is 27.2 Å². The van der Waals surface area contributed by atoms with Crippen LogP contribution in [-0.2, 0) is 18.5 Å². The lowest BCUT2D eigenvalue weighted by Gasteiger charge is -2.17. The van der Waals surface area contributed by atoms with Crippen molar-refractivity contribution < 1.29 is 18.0 Å². The molecule has 1 amide bonds. The molecule has 0 saturated heterocycles. The fraction of sp³-hybridized carbons (Fsp3) is 0.292. The van der Waals surface area contributed by atoms with Gasteiger partial charge in [0.15, 0.2) is 5.16 Å². The van der Waals surface area contributed by atoms with Crippen LogP contribution in [0.15, 0.2) is 59.8 Å². The fourth-order valence-corrected chi connectivity index (χ4v) is 4.21. The topological polar surface area (TPSA) is 58.1 Å². The summed E-state index contributed by atoms with van der Waals surface area (Å²) in [5, 5.41) is 3.57. The molecule has 0 unspecified atom stereocenters. The zero-order chi connectivity index (χ0) is 24.7. The minimum atomic E-state index is -4.43. The van der Waals surface area contributed by atoms with E-state index in [9.17, 15) is 18.0 Å². The van der Waals surface area contributed by atoms with Crippen molar-refractivity contribution in [2.75, 3.05) is 18.5 Å². The van der Waals surface area contributed by atoms with Gasteiger partial charge in [0.2, 0.25) is 0 Å². The number of hydrogen-bond acceptors (Lipinski definition) is 5. The van der Waals surface area contributed by atoms with Gasteiger partial charge in [0, 0.05) is 37.5 Å². The molecule has 2 aromatic carbocycles. The van der Waals surface area contributed by atoms with Crippen molar-refractivity contribution in [1.29, 1.82) is 0 Å².